The number of nitrogen functional groups attached to an aromatic ring is 1. The van der Waals surface area contributed by atoms with Crippen molar-refractivity contribution >= 4 is 22.8 Å². The molecule has 3 N–H and O–H groups in total. The van der Waals surface area contributed by atoms with Crippen molar-refractivity contribution in [2.24, 2.45) is 0 Å². The molecule has 0 unspecified atom stereocenters. The third-order valence-electron chi connectivity index (χ3n) is 3.66. The van der Waals surface area contributed by atoms with Gasteiger partial charge in [-0.15, -0.1) is 0 Å². The fourth-order valence-electron chi connectivity index (χ4n) is 2.69. The zero-order valence-electron chi connectivity index (χ0n) is 11.4. The molecule has 1 aliphatic carbocycles. The fraction of sp³-hybridized carbons (Fsp3) is 0.615. The summed E-state index contributed by atoms with van der Waals surface area (Å²) in [6, 6.07) is 0.756. The summed E-state index contributed by atoms with van der Waals surface area (Å²) in [5.74, 6) is 1.12. The van der Waals surface area contributed by atoms with E-state index in [1.165, 1.54) is 25.7 Å². The van der Waals surface area contributed by atoms with E-state index < -0.39 is 0 Å². The summed E-state index contributed by atoms with van der Waals surface area (Å²) < 4.78 is 1.88. The molecule has 0 bridgehead atoms. The SMILES string of the molecule is CC(C)n1ncc2c(NC3CCCC3)nc(N)nc21. The molecule has 2 aromatic rings. The minimum atomic E-state index is 0.256. The molecule has 102 valence electrons. The van der Waals surface area contributed by atoms with Gasteiger partial charge in [0.05, 0.1) is 11.6 Å². The number of nitrogens with zero attached hydrogens (tertiary/aromatic N) is 4. The van der Waals surface area contributed by atoms with Gasteiger partial charge in [-0.25, -0.2) is 4.68 Å². The van der Waals surface area contributed by atoms with Crippen molar-refractivity contribution < 1.29 is 0 Å². The molecule has 1 saturated carbocycles. The van der Waals surface area contributed by atoms with E-state index in [0.717, 1.165) is 16.9 Å². The van der Waals surface area contributed by atoms with Crippen LogP contribution < -0.4 is 11.1 Å². The zero-order valence-corrected chi connectivity index (χ0v) is 11.4. The van der Waals surface area contributed by atoms with Crippen LogP contribution in [0.4, 0.5) is 11.8 Å². The van der Waals surface area contributed by atoms with E-state index in [9.17, 15) is 0 Å². The van der Waals surface area contributed by atoms with E-state index in [-0.39, 0.29) is 6.04 Å². The zero-order chi connectivity index (χ0) is 13.4. The van der Waals surface area contributed by atoms with Gasteiger partial charge in [0.2, 0.25) is 5.95 Å². The molecule has 0 aromatic carbocycles. The second-order valence-electron chi connectivity index (χ2n) is 5.48. The van der Waals surface area contributed by atoms with E-state index in [1.807, 2.05) is 10.9 Å². The minimum absolute atomic E-state index is 0.256. The van der Waals surface area contributed by atoms with Crippen molar-refractivity contribution in [3.8, 4) is 0 Å². The van der Waals surface area contributed by atoms with E-state index in [4.69, 9.17) is 5.73 Å². The summed E-state index contributed by atoms with van der Waals surface area (Å²) in [5.41, 5.74) is 6.63. The topological polar surface area (TPSA) is 81.7 Å². The van der Waals surface area contributed by atoms with Crippen molar-refractivity contribution in [2.45, 2.75) is 51.6 Å². The van der Waals surface area contributed by atoms with Gasteiger partial charge in [-0.2, -0.15) is 15.1 Å². The Morgan fingerprint density at radius 3 is 2.74 bits per heavy atom. The maximum atomic E-state index is 5.82. The van der Waals surface area contributed by atoms with Gasteiger partial charge >= 0.3 is 0 Å². The summed E-state index contributed by atoms with van der Waals surface area (Å²) in [6.45, 7) is 4.16. The predicted molar refractivity (Wildman–Crippen MR) is 76.0 cm³/mol. The Kier molecular flexibility index (Phi) is 3.00. The van der Waals surface area contributed by atoms with Crippen LogP contribution in [0, 0.1) is 0 Å². The highest BCUT2D eigenvalue weighted by atomic mass is 15.3. The molecule has 1 aliphatic rings. The van der Waals surface area contributed by atoms with Crippen LogP contribution in [0.1, 0.15) is 45.6 Å². The highest BCUT2D eigenvalue weighted by molar-refractivity contribution is 5.87. The molecule has 0 spiro atoms. The molecule has 0 radical (unpaired) electrons. The second kappa shape index (κ2) is 4.68. The lowest BCUT2D eigenvalue weighted by Crippen LogP contribution is -2.16. The Bertz CT molecular complexity index is 582. The van der Waals surface area contributed by atoms with Crippen molar-refractivity contribution in [1.82, 2.24) is 19.7 Å². The Hall–Kier alpha value is -1.85. The molecule has 0 saturated heterocycles. The Labute approximate surface area is 112 Å². The predicted octanol–water partition coefficient (Wildman–Crippen LogP) is 2.34. The molecule has 2 aromatic heterocycles. The molecule has 0 atom stereocenters. The summed E-state index contributed by atoms with van der Waals surface area (Å²) in [7, 11) is 0. The van der Waals surface area contributed by atoms with Gasteiger partial charge in [0.1, 0.15) is 5.82 Å². The first-order valence-electron chi connectivity index (χ1n) is 6.92. The Morgan fingerprint density at radius 1 is 1.32 bits per heavy atom. The minimum Gasteiger partial charge on any atom is -0.368 e. The van der Waals surface area contributed by atoms with Crippen molar-refractivity contribution in [3.05, 3.63) is 6.20 Å². The fourth-order valence-corrected chi connectivity index (χ4v) is 2.69. The van der Waals surface area contributed by atoms with Crippen LogP contribution in [0.5, 0.6) is 0 Å². The molecule has 0 amide bonds. The third kappa shape index (κ3) is 2.22. The molecule has 6 nitrogen and oxygen atoms in total. The van der Waals surface area contributed by atoms with E-state index in [0.29, 0.717) is 12.0 Å². The number of nitrogens with one attached hydrogen (secondary N) is 1. The number of fused-ring (bicyclic) bond motifs is 1. The number of anilines is 2. The van der Waals surface area contributed by atoms with Crippen LogP contribution >= 0.6 is 0 Å². The first-order valence-corrected chi connectivity index (χ1v) is 6.92. The van der Waals surface area contributed by atoms with Gasteiger partial charge in [0.25, 0.3) is 0 Å². The average Bonchev–Trinajstić information content (AvgIpc) is 2.97. The summed E-state index contributed by atoms with van der Waals surface area (Å²) in [4.78, 5) is 8.66. The van der Waals surface area contributed by atoms with Crippen molar-refractivity contribution in [2.75, 3.05) is 11.1 Å². The Morgan fingerprint density at radius 2 is 2.05 bits per heavy atom. The number of nitrogens with two attached hydrogens (primary N) is 1. The van der Waals surface area contributed by atoms with Gasteiger partial charge < -0.3 is 11.1 Å². The van der Waals surface area contributed by atoms with Crippen LogP contribution in [-0.4, -0.2) is 25.8 Å². The van der Waals surface area contributed by atoms with E-state index in [1.54, 1.807) is 0 Å². The molecule has 3 rings (SSSR count). The van der Waals surface area contributed by atoms with Crippen LogP contribution in [-0.2, 0) is 0 Å². The summed E-state index contributed by atoms with van der Waals surface area (Å²) in [5, 5.41) is 8.84. The normalized spacial score (nSPS) is 16.6. The monoisotopic (exact) mass is 260 g/mol. The average molecular weight is 260 g/mol. The van der Waals surface area contributed by atoms with Gasteiger partial charge in [0.15, 0.2) is 5.65 Å². The third-order valence-corrected chi connectivity index (χ3v) is 3.66. The van der Waals surface area contributed by atoms with Crippen molar-refractivity contribution in [1.29, 1.82) is 0 Å². The molecular weight excluding hydrogens is 240 g/mol. The number of hydrogen-bond donors (Lipinski definition) is 2. The van der Waals surface area contributed by atoms with Gasteiger partial charge in [-0.3, -0.25) is 0 Å². The molecule has 0 aliphatic heterocycles. The Balaban J connectivity index is 2.03. The first kappa shape index (κ1) is 12.2. The highest BCUT2D eigenvalue weighted by Gasteiger charge is 2.19. The van der Waals surface area contributed by atoms with Gasteiger partial charge in [-0.05, 0) is 26.7 Å². The highest BCUT2D eigenvalue weighted by Crippen LogP contribution is 2.27. The molecule has 19 heavy (non-hydrogen) atoms. The smallest absolute Gasteiger partial charge is 0.224 e. The second-order valence-corrected chi connectivity index (χ2v) is 5.48. The van der Waals surface area contributed by atoms with Crippen LogP contribution in [0.25, 0.3) is 11.0 Å². The van der Waals surface area contributed by atoms with Gasteiger partial charge in [0, 0.05) is 12.1 Å². The molecule has 6 heteroatoms. The molecular formula is C13H20N6. The van der Waals surface area contributed by atoms with Crippen LogP contribution in [0.2, 0.25) is 0 Å². The molecule has 2 heterocycles. The van der Waals surface area contributed by atoms with Crippen LogP contribution in [0.3, 0.4) is 0 Å². The molecule has 1 fully saturated rings. The lowest BCUT2D eigenvalue weighted by atomic mass is 10.2. The van der Waals surface area contributed by atoms with Crippen LogP contribution in [0.15, 0.2) is 6.20 Å². The number of hydrogen-bond acceptors (Lipinski definition) is 5. The van der Waals surface area contributed by atoms with E-state index >= 15 is 0 Å². The maximum Gasteiger partial charge on any atom is 0.224 e. The van der Waals surface area contributed by atoms with E-state index in [2.05, 4.69) is 34.2 Å². The van der Waals surface area contributed by atoms with Gasteiger partial charge in [-0.1, -0.05) is 12.8 Å². The maximum absolute atomic E-state index is 5.82. The number of aromatic nitrogens is 4. The van der Waals surface area contributed by atoms with Crippen molar-refractivity contribution in [3.63, 3.8) is 0 Å². The first-order chi connectivity index (χ1) is 9.15. The summed E-state index contributed by atoms with van der Waals surface area (Å²) in [6.07, 6.45) is 6.79. The lowest BCUT2D eigenvalue weighted by molar-refractivity contribution is 0.546. The quantitative estimate of drug-likeness (QED) is 0.885. The summed E-state index contributed by atoms with van der Waals surface area (Å²) >= 11 is 0. The largest absolute Gasteiger partial charge is 0.368 e. The lowest BCUT2D eigenvalue weighted by Gasteiger charge is -2.14. The standard InChI is InChI=1S/C13H20N6/c1-8(2)19-12-10(7-15-19)11(17-13(14)18-12)16-9-5-3-4-6-9/h7-9H,3-6H2,1-2H3,(H3,14,16,17,18). The number of rotatable bonds is 3.